The standard InChI is InChI=1S/C17H22N2O2/c1-11-6-4-5-7-14(11)12(2)19-10-15(20)18-17(3,16(19)21)13-8-9-13/h4-7,12-13H,8-10H2,1-3H3,(H,18,20). The van der Waals surface area contributed by atoms with Crippen LogP contribution < -0.4 is 5.32 Å². The maximum absolute atomic E-state index is 12.9. The van der Waals surface area contributed by atoms with Gasteiger partial charge in [-0.2, -0.15) is 0 Å². The summed E-state index contributed by atoms with van der Waals surface area (Å²) in [6.07, 6.45) is 2.05. The highest BCUT2D eigenvalue weighted by Gasteiger charge is 2.53. The molecule has 0 aromatic heterocycles. The first-order valence-corrected chi connectivity index (χ1v) is 7.61. The number of amides is 2. The molecule has 2 aliphatic rings. The van der Waals surface area contributed by atoms with Crippen LogP contribution in [0.4, 0.5) is 0 Å². The molecule has 4 nitrogen and oxygen atoms in total. The van der Waals surface area contributed by atoms with Crippen molar-refractivity contribution in [3.63, 3.8) is 0 Å². The van der Waals surface area contributed by atoms with Crippen LogP contribution in [0, 0.1) is 12.8 Å². The molecule has 1 heterocycles. The van der Waals surface area contributed by atoms with Gasteiger partial charge in [0.15, 0.2) is 0 Å². The first-order valence-electron chi connectivity index (χ1n) is 7.61. The zero-order chi connectivity index (χ0) is 15.2. The van der Waals surface area contributed by atoms with E-state index in [2.05, 4.69) is 5.32 Å². The van der Waals surface area contributed by atoms with Gasteiger partial charge in [-0.3, -0.25) is 9.59 Å². The summed E-state index contributed by atoms with van der Waals surface area (Å²) < 4.78 is 0. The largest absolute Gasteiger partial charge is 0.340 e. The summed E-state index contributed by atoms with van der Waals surface area (Å²) in [5.41, 5.74) is 1.54. The molecule has 0 spiro atoms. The zero-order valence-corrected chi connectivity index (χ0v) is 12.8. The van der Waals surface area contributed by atoms with Gasteiger partial charge in [-0.15, -0.1) is 0 Å². The lowest BCUT2D eigenvalue weighted by atomic mass is 9.89. The molecule has 1 aliphatic carbocycles. The van der Waals surface area contributed by atoms with Crippen LogP contribution in [0.3, 0.4) is 0 Å². The van der Waals surface area contributed by atoms with Gasteiger partial charge in [-0.25, -0.2) is 0 Å². The SMILES string of the molecule is Cc1ccccc1C(C)N1CC(=O)NC(C)(C2CC2)C1=O. The first kappa shape index (κ1) is 14.1. The second kappa shape index (κ2) is 4.86. The molecular formula is C17H22N2O2. The number of hydrogen-bond donors (Lipinski definition) is 1. The highest BCUT2D eigenvalue weighted by molar-refractivity contribution is 5.98. The Bertz CT molecular complexity index is 594. The van der Waals surface area contributed by atoms with Gasteiger partial charge in [-0.1, -0.05) is 24.3 Å². The van der Waals surface area contributed by atoms with Gasteiger partial charge in [0.2, 0.25) is 11.8 Å². The topological polar surface area (TPSA) is 49.4 Å². The fourth-order valence-electron chi connectivity index (χ4n) is 3.38. The minimum absolute atomic E-state index is 0.0514. The van der Waals surface area contributed by atoms with E-state index in [0.717, 1.165) is 24.0 Å². The van der Waals surface area contributed by atoms with Crippen LogP contribution in [0.15, 0.2) is 24.3 Å². The zero-order valence-electron chi connectivity index (χ0n) is 12.8. The quantitative estimate of drug-likeness (QED) is 0.926. The van der Waals surface area contributed by atoms with E-state index in [9.17, 15) is 9.59 Å². The predicted octanol–water partition coefficient (Wildman–Crippen LogP) is 2.18. The molecule has 1 aliphatic heterocycles. The van der Waals surface area contributed by atoms with E-state index in [1.165, 1.54) is 0 Å². The van der Waals surface area contributed by atoms with Crippen LogP contribution in [0.2, 0.25) is 0 Å². The lowest BCUT2D eigenvalue weighted by molar-refractivity contribution is -0.152. The van der Waals surface area contributed by atoms with Crippen LogP contribution >= 0.6 is 0 Å². The van der Waals surface area contributed by atoms with Crippen LogP contribution in [0.5, 0.6) is 0 Å². The van der Waals surface area contributed by atoms with E-state index in [0.29, 0.717) is 5.92 Å². The molecule has 4 heteroatoms. The molecule has 112 valence electrons. The van der Waals surface area contributed by atoms with Crippen LogP contribution in [-0.2, 0) is 9.59 Å². The van der Waals surface area contributed by atoms with E-state index in [1.54, 1.807) is 4.90 Å². The van der Waals surface area contributed by atoms with Crippen molar-refractivity contribution in [2.45, 2.75) is 45.2 Å². The molecule has 2 unspecified atom stereocenters. The fourth-order valence-corrected chi connectivity index (χ4v) is 3.38. The fraction of sp³-hybridized carbons (Fsp3) is 0.529. The third-order valence-electron chi connectivity index (χ3n) is 4.92. The molecule has 1 aromatic rings. The van der Waals surface area contributed by atoms with Crippen molar-refractivity contribution in [1.29, 1.82) is 0 Å². The Hall–Kier alpha value is -1.84. The summed E-state index contributed by atoms with van der Waals surface area (Å²) in [7, 11) is 0. The molecule has 0 radical (unpaired) electrons. The number of nitrogens with zero attached hydrogens (tertiary/aromatic N) is 1. The normalized spacial score (nSPS) is 27.5. The average molecular weight is 286 g/mol. The second-order valence-corrected chi connectivity index (χ2v) is 6.49. The molecule has 2 fully saturated rings. The van der Waals surface area contributed by atoms with Crippen molar-refractivity contribution in [2.75, 3.05) is 6.54 Å². The van der Waals surface area contributed by atoms with Gasteiger partial charge in [0.25, 0.3) is 0 Å². The van der Waals surface area contributed by atoms with Gasteiger partial charge < -0.3 is 10.2 Å². The Labute approximate surface area is 125 Å². The smallest absolute Gasteiger partial charge is 0.249 e. The number of aryl methyl sites for hydroxylation is 1. The number of nitrogens with one attached hydrogen (secondary N) is 1. The highest BCUT2D eigenvalue weighted by Crippen LogP contribution is 2.42. The summed E-state index contributed by atoms with van der Waals surface area (Å²) in [4.78, 5) is 26.7. The molecule has 1 N–H and O–H groups in total. The molecule has 1 saturated heterocycles. The lowest BCUT2D eigenvalue weighted by Gasteiger charge is -2.43. The molecule has 21 heavy (non-hydrogen) atoms. The van der Waals surface area contributed by atoms with Crippen LogP contribution in [-0.4, -0.2) is 28.8 Å². The minimum Gasteiger partial charge on any atom is -0.340 e. The van der Waals surface area contributed by atoms with E-state index in [4.69, 9.17) is 0 Å². The second-order valence-electron chi connectivity index (χ2n) is 6.49. The lowest BCUT2D eigenvalue weighted by Crippen LogP contribution is -2.66. The monoisotopic (exact) mass is 286 g/mol. The number of benzene rings is 1. The Morgan fingerprint density at radius 1 is 1.29 bits per heavy atom. The first-order chi connectivity index (χ1) is 9.93. The molecule has 3 rings (SSSR count). The third kappa shape index (κ3) is 2.33. The Morgan fingerprint density at radius 2 is 1.95 bits per heavy atom. The van der Waals surface area contributed by atoms with Crippen LogP contribution in [0.25, 0.3) is 0 Å². The Balaban J connectivity index is 1.92. The summed E-state index contributed by atoms with van der Waals surface area (Å²) in [5, 5.41) is 2.93. The van der Waals surface area contributed by atoms with Crippen molar-refractivity contribution in [1.82, 2.24) is 10.2 Å². The van der Waals surface area contributed by atoms with Crippen molar-refractivity contribution in [3.05, 3.63) is 35.4 Å². The maximum atomic E-state index is 12.9. The van der Waals surface area contributed by atoms with E-state index >= 15 is 0 Å². The van der Waals surface area contributed by atoms with Crippen molar-refractivity contribution < 1.29 is 9.59 Å². The number of carbonyl (C=O) groups is 2. The van der Waals surface area contributed by atoms with Gasteiger partial charge in [0.1, 0.15) is 12.1 Å². The van der Waals surface area contributed by atoms with Gasteiger partial charge >= 0.3 is 0 Å². The van der Waals surface area contributed by atoms with E-state index < -0.39 is 5.54 Å². The summed E-state index contributed by atoms with van der Waals surface area (Å²) in [6.45, 7) is 6.07. The minimum atomic E-state index is -0.716. The number of rotatable bonds is 3. The summed E-state index contributed by atoms with van der Waals surface area (Å²) in [6, 6.07) is 7.97. The molecule has 1 aromatic carbocycles. The molecule has 0 bridgehead atoms. The van der Waals surface area contributed by atoms with Gasteiger partial charge in [0.05, 0.1) is 6.04 Å². The number of piperazine rings is 1. The predicted molar refractivity (Wildman–Crippen MR) is 80.6 cm³/mol. The highest BCUT2D eigenvalue weighted by atomic mass is 16.2. The maximum Gasteiger partial charge on any atom is 0.249 e. The Kier molecular flexibility index (Phi) is 3.27. The average Bonchev–Trinajstić information content (AvgIpc) is 3.27. The van der Waals surface area contributed by atoms with E-state index in [1.807, 2.05) is 45.0 Å². The summed E-state index contributed by atoms with van der Waals surface area (Å²) >= 11 is 0. The van der Waals surface area contributed by atoms with Gasteiger partial charge in [-0.05, 0) is 50.7 Å². The van der Waals surface area contributed by atoms with E-state index in [-0.39, 0.29) is 24.4 Å². The van der Waals surface area contributed by atoms with Crippen LogP contribution in [0.1, 0.15) is 43.9 Å². The molecular weight excluding hydrogens is 264 g/mol. The Morgan fingerprint density at radius 3 is 2.57 bits per heavy atom. The number of hydrogen-bond acceptors (Lipinski definition) is 2. The number of carbonyl (C=O) groups excluding carboxylic acids is 2. The molecule has 2 amide bonds. The van der Waals surface area contributed by atoms with Crippen molar-refractivity contribution >= 4 is 11.8 Å². The molecule has 2 atom stereocenters. The van der Waals surface area contributed by atoms with Crippen molar-refractivity contribution in [2.24, 2.45) is 5.92 Å². The van der Waals surface area contributed by atoms with Gasteiger partial charge in [0, 0.05) is 0 Å². The summed E-state index contributed by atoms with van der Waals surface area (Å²) in [5.74, 6) is 0.297. The third-order valence-corrected chi connectivity index (χ3v) is 4.92. The van der Waals surface area contributed by atoms with Crippen molar-refractivity contribution in [3.8, 4) is 0 Å². The molecule has 1 saturated carbocycles.